The van der Waals surface area contributed by atoms with E-state index in [0.29, 0.717) is 82.6 Å². The van der Waals surface area contributed by atoms with Gasteiger partial charge in [0, 0.05) is 12.1 Å². The van der Waals surface area contributed by atoms with Gasteiger partial charge in [0.05, 0.1) is 68.5 Å². The molecule has 0 saturated carbocycles. The van der Waals surface area contributed by atoms with Gasteiger partial charge in [-0.05, 0) is 71.3 Å². The van der Waals surface area contributed by atoms with Crippen LogP contribution >= 0.6 is 0 Å². The van der Waals surface area contributed by atoms with E-state index in [1.165, 1.54) is 0 Å². The second-order valence-corrected chi connectivity index (χ2v) is 11.0. The Morgan fingerprint density at radius 3 is 1.70 bits per heavy atom. The van der Waals surface area contributed by atoms with Crippen LogP contribution in [0, 0.1) is 0 Å². The first kappa shape index (κ1) is 35.4. The molecule has 12 nitrogen and oxygen atoms in total. The van der Waals surface area contributed by atoms with Crippen LogP contribution in [-0.2, 0) is 0 Å². The minimum absolute atomic E-state index is 0.197. The van der Waals surface area contributed by atoms with Crippen LogP contribution in [0.5, 0.6) is 51.7 Å². The second-order valence-electron chi connectivity index (χ2n) is 11.0. The van der Waals surface area contributed by atoms with Crippen molar-refractivity contribution in [2.24, 2.45) is 0 Å². The number of amides is 1. The molecule has 0 aromatic heterocycles. The van der Waals surface area contributed by atoms with E-state index in [0.717, 1.165) is 16.7 Å². The molecule has 1 amide bonds. The lowest BCUT2D eigenvalue weighted by Crippen LogP contribution is -2.38. The number of anilines is 1. The average molecular weight is 687 g/mol. The van der Waals surface area contributed by atoms with Crippen molar-refractivity contribution in [1.82, 2.24) is 5.32 Å². The monoisotopic (exact) mass is 686 g/mol. The molecule has 4 aromatic rings. The molecule has 1 atom stereocenters. The zero-order chi connectivity index (χ0) is 35.6. The van der Waals surface area contributed by atoms with Crippen molar-refractivity contribution in [3.05, 3.63) is 82.9 Å². The van der Waals surface area contributed by atoms with Crippen molar-refractivity contribution in [2.75, 3.05) is 68.3 Å². The highest BCUT2D eigenvalue weighted by Crippen LogP contribution is 2.41. The van der Waals surface area contributed by atoms with E-state index in [-0.39, 0.29) is 5.91 Å². The number of ether oxygens (including phenoxy) is 9. The molecule has 0 spiro atoms. The molecule has 0 aliphatic carbocycles. The molecule has 0 radical (unpaired) electrons. The minimum Gasteiger partial charge on any atom is -0.497 e. The third-order valence-electron chi connectivity index (χ3n) is 8.00. The standard InChI is InChI=1S/C38H42N2O10/c1-42-26-12-13-28-27(22-26)38(41)40-37(39-28)25-11-14-29(30(21-25)43-2)49-15-8-16-50-36-33(46-5)19-24(20-34(36)47-6)10-9-23-17-31(44-3)35(48-7)32(18-23)45-4/h9-14,17-22,37,39H,8,15-16H2,1-7H3,(H,40,41). The summed E-state index contributed by atoms with van der Waals surface area (Å²) in [5.41, 5.74) is 3.74. The summed E-state index contributed by atoms with van der Waals surface area (Å²) in [6.07, 6.45) is 3.98. The van der Waals surface area contributed by atoms with Crippen LogP contribution in [-0.4, -0.2) is 68.9 Å². The molecule has 0 fully saturated rings. The lowest BCUT2D eigenvalue weighted by Gasteiger charge is -2.28. The third-order valence-corrected chi connectivity index (χ3v) is 8.00. The van der Waals surface area contributed by atoms with Gasteiger partial charge >= 0.3 is 0 Å². The maximum atomic E-state index is 12.8. The Bertz CT molecular complexity index is 1790. The average Bonchev–Trinajstić information content (AvgIpc) is 3.16. The van der Waals surface area contributed by atoms with E-state index in [1.807, 2.05) is 66.7 Å². The Kier molecular flexibility index (Phi) is 11.7. The first-order valence-corrected chi connectivity index (χ1v) is 15.8. The van der Waals surface area contributed by atoms with Crippen LogP contribution in [0.2, 0.25) is 0 Å². The highest BCUT2D eigenvalue weighted by atomic mass is 16.5. The summed E-state index contributed by atoms with van der Waals surface area (Å²) in [5, 5.41) is 6.33. The van der Waals surface area contributed by atoms with Crippen molar-refractivity contribution < 1.29 is 47.4 Å². The van der Waals surface area contributed by atoms with E-state index in [4.69, 9.17) is 42.6 Å². The van der Waals surface area contributed by atoms with Gasteiger partial charge in [-0.25, -0.2) is 0 Å². The third kappa shape index (κ3) is 7.86. The van der Waals surface area contributed by atoms with E-state index in [2.05, 4.69) is 10.6 Å². The van der Waals surface area contributed by atoms with Gasteiger partial charge in [0.2, 0.25) is 11.5 Å². The van der Waals surface area contributed by atoms with Gasteiger partial charge in [0.1, 0.15) is 11.9 Å². The van der Waals surface area contributed by atoms with Gasteiger partial charge in [-0.3, -0.25) is 4.79 Å². The number of benzene rings is 4. The molecule has 1 unspecified atom stereocenters. The minimum atomic E-state index is -0.443. The van der Waals surface area contributed by atoms with E-state index >= 15 is 0 Å². The molecule has 5 rings (SSSR count). The first-order chi connectivity index (χ1) is 24.3. The van der Waals surface area contributed by atoms with E-state index < -0.39 is 6.17 Å². The molecule has 1 aliphatic heterocycles. The van der Waals surface area contributed by atoms with E-state index in [9.17, 15) is 4.79 Å². The van der Waals surface area contributed by atoms with Crippen LogP contribution in [0.4, 0.5) is 5.69 Å². The predicted octanol–water partition coefficient (Wildman–Crippen LogP) is 6.62. The van der Waals surface area contributed by atoms with Crippen LogP contribution in [0.1, 0.15) is 39.6 Å². The van der Waals surface area contributed by atoms with Crippen molar-refractivity contribution in [1.29, 1.82) is 0 Å². The Balaban J connectivity index is 1.20. The lowest BCUT2D eigenvalue weighted by atomic mass is 10.0. The maximum absolute atomic E-state index is 12.8. The van der Waals surface area contributed by atoms with Crippen LogP contribution in [0.3, 0.4) is 0 Å². The Morgan fingerprint density at radius 2 is 1.14 bits per heavy atom. The summed E-state index contributed by atoms with van der Waals surface area (Å²) in [5.74, 6) is 4.71. The number of hydrogen-bond donors (Lipinski definition) is 2. The van der Waals surface area contributed by atoms with E-state index in [1.54, 1.807) is 55.8 Å². The molecule has 12 heteroatoms. The topological polar surface area (TPSA) is 124 Å². The van der Waals surface area contributed by atoms with Gasteiger partial charge in [-0.1, -0.05) is 18.2 Å². The molecule has 50 heavy (non-hydrogen) atoms. The van der Waals surface area contributed by atoms with Crippen molar-refractivity contribution in [3.63, 3.8) is 0 Å². The SMILES string of the molecule is COc1ccc2c(c1)C(=O)NC(c1ccc(OCCCOc3c(OC)cc(C=Cc4cc(OC)c(OC)c(OC)c4)cc3OC)c(OC)c1)N2. The number of nitrogens with one attached hydrogen (secondary N) is 2. The number of carbonyl (C=O) groups is 1. The smallest absolute Gasteiger partial charge is 0.255 e. The van der Waals surface area contributed by atoms with Crippen LogP contribution < -0.4 is 53.3 Å². The Morgan fingerprint density at radius 1 is 0.560 bits per heavy atom. The summed E-state index contributed by atoms with van der Waals surface area (Å²) in [7, 11) is 11.0. The highest BCUT2D eigenvalue weighted by Gasteiger charge is 2.26. The van der Waals surface area contributed by atoms with Crippen LogP contribution in [0.25, 0.3) is 12.2 Å². The van der Waals surface area contributed by atoms with Crippen molar-refractivity contribution in [3.8, 4) is 51.7 Å². The number of rotatable bonds is 16. The summed E-state index contributed by atoms with van der Waals surface area (Å²) >= 11 is 0. The largest absolute Gasteiger partial charge is 0.497 e. The van der Waals surface area contributed by atoms with Gasteiger partial charge in [0.15, 0.2) is 34.5 Å². The molecule has 264 valence electrons. The summed E-state index contributed by atoms with van der Waals surface area (Å²) in [4.78, 5) is 12.8. The van der Waals surface area contributed by atoms with Gasteiger partial charge in [-0.2, -0.15) is 0 Å². The molecule has 2 N–H and O–H groups in total. The number of fused-ring (bicyclic) bond motifs is 1. The fourth-order valence-electron chi connectivity index (χ4n) is 5.46. The molecule has 1 aliphatic rings. The Hall–Kier alpha value is -5.91. The number of methoxy groups -OCH3 is 7. The van der Waals surface area contributed by atoms with Gasteiger partial charge < -0.3 is 53.3 Å². The zero-order valence-corrected chi connectivity index (χ0v) is 29.2. The summed E-state index contributed by atoms with van der Waals surface area (Å²) in [6, 6.07) is 18.3. The van der Waals surface area contributed by atoms with Crippen molar-refractivity contribution in [2.45, 2.75) is 12.6 Å². The fraction of sp³-hybridized carbons (Fsp3) is 0.289. The lowest BCUT2D eigenvalue weighted by molar-refractivity contribution is 0.0935. The quantitative estimate of drug-likeness (QED) is 0.0977. The van der Waals surface area contributed by atoms with Crippen molar-refractivity contribution >= 4 is 23.7 Å². The molecule has 0 saturated heterocycles. The normalized spacial score (nSPS) is 13.4. The molecular weight excluding hydrogens is 644 g/mol. The maximum Gasteiger partial charge on any atom is 0.255 e. The first-order valence-electron chi connectivity index (χ1n) is 15.8. The van der Waals surface area contributed by atoms with Crippen LogP contribution in [0.15, 0.2) is 60.7 Å². The van der Waals surface area contributed by atoms with Gasteiger partial charge in [-0.15, -0.1) is 0 Å². The number of carbonyl (C=O) groups excluding carboxylic acids is 1. The molecular formula is C38H42N2O10. The molecule has 4 aromatic carbocycles. The van der Waals surface area contributed by atoms with Gasteiger partial charge in [0.25, 0.3) is 5.91 Å². The molecule has 1 heterocycles. The fourth-order valence-corrected chi connectivity index (χ4v) is 5.46. The Labute approximate surface area is 291 Å². The number of hydrogen-bond acceptors (Lipinski definition) is 11. The highest BCUT2D eigenvalue weighted by molar-refractivity contribution is 6.02. The summed E-state index contributed by atoms with van der Waals surface area (Å²) < 4.78 is 50.7. The second kappa shape index (κ2) is 16.5. The zero-order valence-electron chi connectivity index (χ0n) is 29.2. The summed E-state index contributed by atoms with van der Waals surface area (Å²) in [6.45, 7) is 0.708. The predicted molar refractivity (Wildman–Crippen MR) is 190 cm³/mol. The molecule has 0 bridgehead atoms.